The van der Waals surface area contributed by atoms with Gasteiger partial charge in [0.15, 0.2) is 0 Å². The molecular formula is C13H14BrN3O. The van der Waals surface area contributed by atoms with E-state index < -0.39 is 0 Å². The van der Waals surface area contributed by atoms with Crippen LogP contribution in [-0.2, 0) is 25.0 Å². The van der Waals surface area contributed by atoms with Gasteiger partial charge in [0.2, 0.25) is 0 Å². The van der Waals surface area contributed by atoms with Crippen LogP contribution in [0.5, 0.6) is 0 Å². The summed E-state index contributed by atoms with van der Waals surface area (Å²) in [5.41, 5.74) is 10.9. The summed E-state index contributed by atoms with van der Waals surface area (Å²) in [6.45, 7) is 1.39. The summed E-state index contributed by atoms with van der Waals surface area (Å²) in [5, 5.41) is 4.20. The third-order valence-electron chi connectivity index (χ3n) is 3.34. The molecule has 1 unspecified atom stereocenters. The van der Waals surface area contributed by atoms with E-state index in [4.69, 9.17) is 10.5 Å². The molecule has 0 radical (unpaired) electrons. The van der Waals surface area contributed by atoms with E-state index in [1.165, 1.54) is 11.1 Å². The number of aromatic nitrogens is 2. The fourth-order valence-corrected chi connectivity index (χ4v) is 2.91. The van der Waals surface area contributed by atoms with Gasteiger partial charge in [-0.05, 0) is 32.6 Å². The highest BCUT2D eigenvalue weighted by Gasteiger charge is 2.19. The van der Waals surface area contributed by atoms with E-state index in [0.717, 1.165) is 15.7 Å². The molecule has 0 spiro atoms. The van der Waals surface area contributed by atoms with Crippen molar-refractivity contribution >= 4 is 15.9 Å². The highest BCUT2D eigenvalue weighted by atomic mass is 79.9. The lowest BCUT2D eigenvalue weighted by Crippen LogP contribution is -2.16. The number of nitrogens with two attached hydrogens (primary N) is 1. The molecular weight excluding hydrogens is 294 g/mol. The molecule has 4 nitrogen and oxygen atoms in total. The molecule has 0 amide bonds. The standard InChI is InChI=1S/C13H14BrN3O/c1-17-13(11(14)5-16-17)12(15)8-2-3-9-6-18-7-10(9)4-8/h2-5,12H,6-7,15H2,1H3. The van der Waals surface area contributed by atoms with Gasteiger partial charge in [0, 0.05) is 7.05 Å². The van der Waals surface area contributed by atoms with Crippen molar-refractivity contribution in [1.82, 2.24) is 9.78 Å². The van der Waals surface area contributed by atoms with Crippen LogP contribution in [0.1, 0.15) is 28.4 Å². The number of rotatable bonds is 2. The number of fused-ring (bicyclic) bond motifs is 1. The van der Waals surface area contributed by atoms with E-state index in [1.54, 1.807) is 10.9 Å². The first-order chi connectivity index (χ1) is 8.66. The van der Waals surface area contributed by atoms with Gasteiger partial charge in [0.25, 0.3) is 0 Å². The fraction of sp³-hybridized carbons (Fsp3) is 0.308. The van der Waals surface area contributed by atoms with E-state index >= 15 is 0 Å². The van der Waals surface area contributed by atoms with Crippen LogP contribution < -0.4 is 5.73 Å². The molecule has 5 heteroatoms. The minimum Gasteiger partial charge on any atom is -0.372 e. The van der Waals surface area contributed by atoms with Crippen molar-refractivity contribution < 1.29 is 4.74 Å². The molecule has 1 atom stereocenters. The van der Waals surface area contributed by atoms with Crippen LogP contribution >= 0.6 is 15.9 Å². The predicted octanol–water partition coefficient (Wildman–Crippen LogP) is 2.26. The van der Waals surface area contributed by atoms with Crippen LogP contribution in [0.3, 0.4) is 0 Å². The minimum absolute atomic E-state index is 0.183. The Balaban J connectivity index is 2.00. The maximum absolute atomic E-state index is 6.32. The number of nitrogens with zero attached hydrogens (tertiary/aromatic N) is 2. The van der Waals surface area contributed by atoms with Crippen LogP contribution in [-0.4, -0.2) is 9.78 Å². The Kier molecular flexibility index (Phi) is 2.97. The number of hydrogen-bond donors (Lipinski definition) is 1. The van der Waals surface area contributed by atoms with Gasteiger partial charge in [-0.1, -0.05) is 18.2 Å². The first-order valence-electron chi connectivity index (χ1n) is 5.79. The SMILES string of the molecule is Cn1ncc(Br)c1C(N)c1ccc2c(c1)COC2. The van der Waals surface area contributed by atoms with Crippen molar-refractivity contribution in [2.45, 2.75) is 19.3 Å². The van der Waals surface area contributed by atoms with Crippen molar-refractivity contribution in [3.8, 4) is 0 Å². The average molecular weight is 308 g/mol. The van der Waals surface area contributed by atoms with Gasteiger partial charge in [0.1, 0.15) is 0 Å². The summed E-state index contributed by atoms with van der Waals surface area (Å²) in [5.74, 6) is 0. The molecule has 3 rings (SSSR count). The molecule has 0 bridgehead atoms. The zero-order chi connectivity index (χ0) is 12.7. The zero-order valence-corrected chi connectivity index (χ0v) is 11.6. The molecule has 94 valence electrons. The van der Waals surface area contributed by atoms with Gasteiger partial charge >= 0.3 is 0 Å². The lowest BCUT2D eigenvalue weighted by Gasteiger charge is -2.14. The number of halogens is 1. The van der Waals surface area contributed by atoms with Crippen molar-refractivity contribution in [3.63, 3.8) is 0 Å². The predicted molar refractivity (Wildman–Crippen MR) is 71.9 cm³/mol. The van der Waals surface area contributed by atoms with Crippen molar-refractivity contribution in [2.75, 3.05) is 0 Å². The van der Waals surface area contributed by atoms with Gasteiger partial charge in [-0.25, -0.2) is 0 Å². The lowest BCUT2D eigenvalue weighted by molar-refractivity contribution is 0.134. The van der Waals surface area contributed by atoms with Crippen LogP contribution in [0.15, 0.2) is 28.9 Å². The molecule has 1 aromatic carbocycles. The van der Waals surface area contributed by atoms with Crippen molar-refractivity contribution in [1.29, 1.82) is 0 Å². The Hall–Kier alpha value is -1.17. The van der Waals surface area contributed by atoms with Crippen LogP contribution in [0.25, 0.3) is 0 Å². The Bertz CT molecular complexity index is 574. The molecule has 1 aliphatic heterocycles. The third kappa shape index (κ3) is 1.88. The minimum atomic E-state index is -0.183. The Morgan fingerprint density at radius 3 is 2.89 bits per heavy atom. The van der Waals surface area contributed by atoms with Gasteiger partial charge in [-0.15, -0.1) is 0 Å². The van der Waals surface area contributed by atoms with Crippen molar-refractivity contribution in [3.05, 3.63) is 51.3 Å². The van der Waals surface area contributed by atoms with E-state index in [1.807, 2.05) is 7.05 Å². The van der Waals surface area contributed by atoms with E-state index in [9.17, 15) is 0 Å². The quantitative estimate of drug-likeness (QED) is 0.926. The van der Waals surface area contributed by atoms with Crippen molar-refractivity contribution in [2.24, 2.45) is 12.8 Å². The molecule has 0 aliphatic carbocycles. The molecule has 2 heterocycles. The van der Waals surface area contributed by atoms with Gasteiger partial charge in [-0.2, -0.15) is 5.10 Å². The highest BCUT2D eigenvalue weighted by molar-refractivity contribution is 9.10. The molecule has 0 saturated heterocycles. The van der Waals surface area contributed by atoms with Gasteiger partial charge in [-0.3, -0.25) is 4.68 Å². The second-order valence-electron chi connectivity index (χ2n) is 4.50. The summed E-state index contributed by atoms with van der Waals surface area (Å²) in [7, 11) is 1.90. The monoisotopic (exact) mass is 307 g/mol. The van der Waals surface area contributed by atoms with Crippen LogP contribution in [0.2, 0.25) is 0 Å². The fourth-order valence-electron chi connectivity index (χ4n) is 2.31. The molecule has 2 aromatic rings. The topological polar surface area (TPSA) is 53.1 Å². The zero-order valence-electron chi connectivity index (χ0n) is 10.1. The number of ether oxygens (including phenoxy) is 1. The molecule has 2 N–H and O–H groups in total. The molecule has 1 aliphatic rings. The van der Waals surface area contributed by atoms with E-state index in [-0.39, 0.29) is 6.04 Å². The second kappa shape index (κ2) is 4.50. The number of benzene rings is 1. The second-order valence-corrected chi connectivity index (χ2v) is 5.35. The lowest BCUT2D eigenvalue weighted by atomic mass is 10.00. The van der Waals surface area contributed by atoms with Gasteiger partial charge in [0.05, 0.1) is 35.6 Å². The highest BCUT2D eigenvalue weighted by Crippen LogP contribution is 2.29. The Labute approximate surface area is 114 Å². The summed E-state index contributed by atoms with van der Waals surface area (Å²) in [6, 6.07) is 6.11. The summed E-state index contributed by atoms with van der Waals surface area (Å²) in [6.07, 6.45) is 1.77. The number of aryl methyl sites for hydroxylation is 1. The summed E-state index contributed by atoms with van der Waals surface area (Å²) >= 11 is 3.49. The molecule has 0 fully saturated rings. The first-order valence-corrected chi connectivity index (χ1v) is 6.58. The average Bonchev–Trinajstić information content (AvgIpc) is 2.94. The maximum Gasteiger partial charge on any atom is 0.0735 e. The largest absolute Gasteiger partial charge is 0.372 e. The summed E-state index contributed by atoms with van der Waals surface area (Å²) < 4.78 is 8.16. The van der Waals surface area contributed by atoms with Gasteiger partial charge < -0.3 is 10.5 Å². The van der Waals surface area contributed by atoms with E-state index in [2.05, 4.69) is 39.2 Å². The molecule has 18 heavy (non-hydrogen) atoms. The van der Waals surface area contributed by atoms with E-state index in [0.29, 0.717) is 13.2 Å². The maximum atomic E-state index is 6.32. The number of hydrogen-bond acceptors (Lipinski definition) is 3. The normalized spacial score (nSPS) is 15.7. The molecule has 1 aromatic heterocycles. The Morgan fingerprint density at radius 2 is 2.17 bits per heavy atom. The first kappa shape index (κ1) is 11.9. The molecule has 0 saturated carbocycles. The van der Waals surface area contributed by atoms with Crippen LogP contribution in [0.4, 0.5) is 0 Å². The third-order valence-corrected chi connectivity index (χ3v) is 3.95. The smallest absolute Gasteiger partial charge is 0.0735 e. The Morgan fingerprint density at radius 1 is 1.39 bits per heavy atom. The summed E-state index contributed by atoms with van der Waals surface area (Å²) in [4.78, 5) is 0. The van der Waals surface area contributed by atoms with Crippen LogP contribution in [0, 0.1) is 0 Å².